The molecular weight excluding hydrogens is 248 g/mol. The minimum atomic E-state index is 0.551. The van der Waals surface area contributed by atoms with Crippen LogP contribution in [-0.4, -0.2) is 28.0 Å². The second kappa shape index (κ2) is 3.74. The fraction of sp³-hybridized carbons (Fsp3) is 0.625. The van der Waals surface area contributed by atoms with Crippen molar-refractivity contribution in [3.05, 3.63) is 18.1 Å². The van der Waals surface area contributed by atoms with Crippen LogP contribution in [0.1, 0.15) is 39.2 Å². The first-order valence-corrected chi connectivity index (χ1v) is 7.58. The van der Waals surface area contributed by atoms with Gasteiger partial charge in [0.05, 0.1) is 5.39 Å². The molecule has 0 aromatic carbocycles. The zero-order valence-corrected chi connectivity index (χ0v) is 12.5. The second-order valence-corrected chi connectivity index (χ2v) is 7.46. The quantitative estimate of drug-likeness (QED) is 0.911. The Hall–Kier alpha value is -1.58. The molecule has 0 unspecified atom stereocenters. The van der Waals surface area contributed by atoms with Gasteiger partial charge in [0.2, 0.25) is 0 Å². The summed E-state index contributed by atoms with van der Waals surface area (Å²) >= 11 is 0. The molecule has 106 valence electrons. The molecule has 20 heavy (non-hydrogen) atoms. The minimum absolute atomic E-state index is 0.551. The van der Waals surface area contributed by atoms with Crippen LogP contribution in [0.2, 0.25) is 0 Å². The molecule has 4 heteroatoms. The van der Waals surface area contributed by atoms with Crippen LogP contribution in [0.5, 0.6) is 0 Å². The van der Waals surface area contributed by atoms with Crippen molar-refractivity contribution in [3.63, 3.8) is 0 Å². The lowest BCUT2D eigenvalue weighted by molar-refractivity contribution is -0.0360. The van der Waals surface area contributed by atoms with Gasteiger partial charge in [-0.2, -0.15) is 0 Å². The summed E-state index contributed by atoms with van der Waals surface area (Å²) < 4.78 is 0. The van der Waals surface area contributed by atoms with Crippen LogP contribution in [-0.2, 0) is 6.42 Å². The summed E-state index contributed by atoms with van der Waals surface area (Å²) in [6, 6.07) is 0. The fourth-order valence-corrected chi connectivity index (χ4v) is 4.64. The number of nitrogens with one attached hydrogen (secondary N) is 1. The lowest BCUT2D eigenvalue weighted by atomic mass is 9.51. The molecule has 1 saturated carbocycles. The SMILES string of the molecule is CCc1c[nH]c2ncnc(N3CC4(C3)CC(C)(C)C4)c12. The Labute approximate surface area is 119 Å². The molecule has 0 amide bonds. The first kappa shape index (κ1) is 12.2. The van der Waals surface area contributed by atoms with Gasteiger partial charge in [-0.05, 0) is 30.2 Å². The zero-order valence-electron chi connectivity index (χ0n) is 12.5. The molecule has 0 radical (unpaired) electrons. The van der Waals surface area contributed by atoms with Gasteiger partial charge in [-0.15, -0.1) is 0 Å². The molecule has 4 rings (SSSR count). The average molecular weight is 270 g/mol. The van der Waals surface area contributed by atoms with Crippen molar-refractivity contribution in [1.29, 1.82) is 0 Å². The summed E-state index contributed by atoms with van der Waals surface area (Å²) in [5.41, 5.74) is 3.42. The van der Waals surface area contributed by atoms with Gasteiger partial charge in [0.25, 0.3) is 0 Å². The maximum absolute atomic E-state index is 4.56. The van der Waals surface area contributed by atoms with E-state index < -0.39 is 0 Å². The van der Waals surface area contributed by atoms with Gasteiger partial charge in [-0.1, -0.05) is 20.8 Å². The Kier molecular flexibility index (Phi) is 2.28. The molecular formula is C16H22N4. The second-order valence-electron chi connectivity index (χ2n) is 7.46. The van der Waals surface area contributed by atoms with Gasteiger partial charge in [-0.25, -0.2) is 9.97 Å². The van der Waals surface area contributed by atoms with Crippen LogP contribution in [0.3, 0.4) is 0 Å². The number of anilines is 1. The number of hydrogen-bond acceptors (Lipinski definition) is 3. The summed E-state index contributed by atoms with van der Waals surface area (Å²) in [5.74, 6) is 1.13. The Bertz CT molecular complexity index is 654. The standard InChI is InChI=1S/C16H22N4/c1-4-11-5-17-13-12(11)14(19-10-18-13)20-8-16(9-20)6-15(2,3)7-16/h5,10H,4,6-9H2,1-3H3,(H,17,18,19). The highest BCUT2D eigenvalue weighted by Gasteiger charge is 2.56. The Morgan fingerprint density at radius 3 is 2.65 bits per heavy atom. The molecule has 0 atom stereocenters. The van der Waals surface area contributed by atoms with Crippen molar-refractivity contribution in [2.45, 2.75) is 40.0 Å². The third kappa shape index (κ3) is 1.60. The van der Waals surface area contributed by atoms with Crippen LogP contribution < -0.4 is 4.90 Å². The molecule has 1 N–H and O–H groups in total. The van der Waals surface area contributed by atoms with Crippen molar-refractivity contribution < 1.29 is 0 Å². The first-order valence-electron chi connectivity index (χ1n) is 7.58. The maximum atomic E-state index is 4.56. The van der Waals surface area contributed by atoms with Crippen molar-refractivity contribution in [2.75, 3.05) is 18.0 Å². The third-order valence-electron chi connectivity index (χ3n) is 4.97. The molecule has 1 spiro atoms. The topological polar surface area (TPSA) is 44.8 Å². The molecule has 0 bridgehead atoms. The van der Waals surface area contributed by atoms with E-state index in [9.17, 15) is 0 Å². The highest BCUT2D eigenvalue weighted by Crippen LogP contribution is 2.59. The highest BCUT2D eigenvalue weighted by atomic mass is 15.3. The van der Waals surface area contributed by atoms with Crippen molar-refractivity contribution in [2.24, 2.45) is 10.8 Å². The van der Waals surface area contributed by atoms with Gasteiger partial charge in [0.15, 0.2) is 0 Å². The number of nitrogens with zero attached hydrogens (tertiary/aromatic N) is 3. The largest absolute Gasteiger partial charge is 0.355 e. The smallest absolute Gasteiger partial charge is 0.143 e. The molecule has 1 aliphatic heterocycles. The van der Waals surface area contributed by atoms with Crippen molar-refractivity contribution in [3.8, 4) is 0 Å². The van der Waals surface area contributed by atoms with Gasteiger partial charge in [-0.3, -0.25) is 0 Å². The Balaban J connectivity index is 1.63. The lowest BCUT2D eigenvalue weighted by Crippen LogP contribution is -2.64. The van der Waals surface area contributed by atoms with Gasteiger partial charge >= 0.3 is 0 Å². The van der Waals surface area contributed by atoms with Crippen molar-refractivity contribution in [1.82, 2.24) is 15.0 Å². The minimum Gasteiger partial charge on any atom is -0.355 e. The summed E-state index contributed by atoms with van der Waals surface area (Å²) in [4.78, 5) is 14.6. The third-order valence-corrected chi connectivity index (χ3v) is 4.97. The Morgan fingerprint density at radius 1 is 1.25 bits per heavy atom. The number of hydrogen-bond donors (Lipinski definition) is 1. The first-order chi connectivity index (χ1) is 9.52. The van der Waals surface area contributed by atoms with E-state index in [2.05, 4.69) is 46.8 Å². The van der Waals surface area contributed by atoms with Crippen LogP contribution in [0.4, 0.5) is 5.82 Å². The molecule has 3 heterocycles. The van der Waals surface area contributed by atoms with E-state index in [0.29, 0.717) is 10.8 Å². The summed E-state index contributed by atoms with van der Waals surface area (Å²) in [7, 11) is 0. The molecule has 2 aliphatic rings. The van der Waals surface area contributed by atoms with Gasteiger partial charge < -0.3 is 9.88 Å². The predicted octanol–water partition coefficient (Wildman–Crippen LogP) is 3.15. The van der Waals surface area contributed by atoms with Crippen molar-refractivity contribution >= 4 is 16.9 Å². The van der Waals surface area contributed by atoms with Crippen LogP contribution >= 0.6 is 0 Å². The normalized spacial score (nSPS) is 22.9. The lowest BCUT2D eigenvalue weighted by Gasteiger charge is -2.63. The molecule has 2 aromatic heterocycles. The molecule has 4 nitrogen and oxygen atoms in total. The number of aromatic amines is 1. The number of H-pyrrole nitrogens is 1. The molecule has 1 aliphatic carbocycles. The average Bonchev–Trinajstić information content (AvgIpc) is 2.75. The summed E-state index contributed by atoms with van der Waals surface area (Å²) in [6.07, 6.45) is 7.50. The van der Waals surface area contributed by atoms with Crippen LogP contribution in [0.15, 0.2) is 12.5 Å². The maximum Gasteiger partial charge on any atom is 0.143 e. The van der Waals surface area contributed by atoms with E-state index in [1.807, 2.05) is 0 Å². The van der Waals surface area contributed by atoms with E-state index in [4.69, 9.17) is 0 Å². The summed E-state index contributed by atoms with van der Waals surface area (Å²) in [6.45, 7) is 9.27. The number of aromatic nitrogens is 3. The number of fused-ring (bicyclic) bond motifs is 1. The molecule has 2 fully saturated rings. The number of aryl methyl sites for hydroxylation is 1. The monoisotopic (exact) mass is 270 g/mol. The van der Waals surface area contributed by atoms with E-state index in [0.717, 1.165) is 31.0 Å². The van der Waals surface area contributed by atoms with Crippen LogP contribution in [0, 0.1) is 10.8 Å². The van der Waals surface area contributed by atoms with Gasteiger partial charge in [0.1, 0.15) is 17.8 Å². The van der Waals surface area contributed by atoms with Gasteiger partial charge in [0, 0.05) is 24.7 Å². The van der Waals surface area contributed by atoms with Crippen LogP contribution in [0.25, 0.3) is 11.0 Å². The van der Waals surface area contributed by atoms with E-state index in [-0.39, 0.29) is 0 Å². The zero-order chi connectivity index (χ0) is 14.0. The molecule has 2 aromatic rings. The number of rotatable bonds is 2. The fourth-order valence-electron chi connectivity index (χ4n) is 4.64. The Morgan fingerprint density at radius 2 is 2.00 bits per heavy atom. The summed E-state index contributed by atoms with van der Waals surface area (Å²) in [5, 5.41) is 1.23. The highest BCUT2D eigenvalue weighted by molar-refractivity contribution is 5.91. The predicted molar refractivity (Wildman–Crippen MR) is 80.9 cm³/mol. The molecule has 1 saturated heterocycles. The van der Waals surface area contributed by atoms with E-state index in [1.165, 1.54) is 23.8 Å². The van der Waals surface area contributed by atoms with E-state index in [1.54, 1.807) is 6.33 Å². The van der Waals surface area contributed by atoms with E-state index >= 15 is 0 Å².